The van der Waals surface area contributed by atoms with E-state index in [0.29, 0.717) is 19.0 Å². The molecule has 4 nitrogen and oxygen atoms in total. The van der Waals surface area contributed by atoms with Gasteiger partial charge in [-0.1, -0.05) is 33.1 Å². The van der Waals surface area contributed by atoms with Gasteiger partial charge in [0.25, 0.3) is 0 Å². The number of carbonyl (C=O) groups excluding carboxylic acids is 2. The molecule has 19 heavy (non-hydrogen) atoms. The minimum Gasteiger partial charge on any atom is -0.354 e. The quantitative estimate of drug-likeness (QED) is 0.802. The molecule has 1 aliphatic rings. The Bertz CT molecular complexity index is 297. The fourth-order valence-corrected chi connectivity index (χ4v) is 2.64. The van der Waals surface area contributed by atoms with Gasteiger partial charge in [-0.2, -0.15) is 0 Å². The van der Waals surface area contributed by atoms with Gasteiger partial charge >= 0.3 is 0 Å². The summed E-state index contributed by atoms with van der Waals surface area (Å²) < 4.78 is 0. The maximum absolute atomic E-state index is 12.0. The lowest BCUT2D eigenvalue weighted by Gasteiger charge is -2.25. The number of amides is 2. The molecule has 1 rings (SSSR count). The van der Waals surface area contributed by atoms with E-state index in [-0.39, 0.29) is 17.7 Å². The summed E-state index contributed by atoms with van der Waals surface area (Å²) in [6.45, 7) is 7.72. The molecule has 0 aromatic heterocycles. The third-order valence-electron chi connectivity index (χ3n) is 3.69. The van der Waals surface area contributed by atoms with E-state index in [1.807, 2.05) is 4.90 Å². The fraction of sp³-hybridized carbons (Fsp3) is 0.867. The van der Waals surface area contributed by atoms with Crippen LogP contribution in [-0.4, -0.2) is 36.3 Å². The highest BCUT2D eigenvalue weighted by atomic mass is 16.2. The Balaban J connectivity index is 2.26. The molecule has 0 bridgehead atoms. The van der Waals surface area contributed by atoms with Crippen molar-refractivity contribution in [2.75, 3.05) is 19.6 Å². The summed E-state index contributed by atoms with van der Waals surface area (Å²) in [5.41, 5.74) is 0. The van der Waals surface area contributed by atoms with Crippen molar-refractivity contribution in [3.63, 3.8) is 0 Å². The summed E-state index contributed by atoms with van der Waals surface area (Å²) in [5, 5.41) is 2.98. The molecule has 0 radical (unpaired) electrons. The van der Waals surface area contributed by atoms with Gasteiger partial charge in [-0.05, 0) is 18.8 Å². The molecule has 1 fully saturated rings. The average Bonchev–Trinajstić information content (AvgIpc) is 2.37. The number of hydrogen-bond donors (Lipinski definition) is 1. The summed E-state index contributed by atoms with van der Waals surface area (Å²) in [6.07, 6.45) is 5.65. The first-order valence-electron chi connectivity index (χ1n) is 7.54. The van der Waals surface area contributed by atoms with Gasteiger partial charge in [0.2, 0.25) is 11.8 Å². The number of nitrogens with one attached hydrogen (secondary N) is 1. The molecule has 1 aliphatic carbocycles. The van der Waals surface area contributed by atoms with Crippen LogP contribution >= 0.6 is 0 Å². The van der Waals surface area contributed by atoms with Crippen LogP contribution in [0.25, 0.3) is 0 Å². The van der Waals surface area contributed by atoms with E-state index in [4.69, 9.17) is 0 Å². The van der Waals surface area contributed by atoms with Crippen molar-refractivity contribution in [2.45, 2.75) is 52.9 Å². The molecule has 2 amide bonds. The molecule has 0 unspecified atom stereocenters. The van der Waals surface area contributed by atoms with Gasteiger partial charge in [0.1, 0.15) is 0 Å². The second-order valence-electron chi connectivity index (χ2n) is 5.98. The van der Waals surface area contributed by atoms with Crippen LogP contribution in [0.3, 0.4) is 0 Å². The highest BCUT2D eigenvalue weighted by molar-refractivity contribution is 5.78. The van der Waals surface area contributed by atoms with Gasteiger partial charge < -0.3 is 10.2 Å². The second-order valence-corrected chi connectivity index (χ2v) is 5.98. The summed E-state index contributed by atoms with van der Waals surface area (Å²) in [4.78, 5) is 25.2. The first kappa shape index (κ1) is 16.0. The second kappa shape index (κ2) is 8.18. The first-order valence-corrected chi connectivity index (χ1v) is 7.54. The number of carbonyl (C=O) groups is 2. The molecule has 0 spiro atoms. The lowest BCUT2D eigenvalue weighted by molar-refractivity contribution is -0.130. The Morgan fingerprint density at radius 2 is 1.84 bits per heavy atom. The number of hydrogen-bond acceptors (Lipinski definition) is 2. The zero-order valence-electron chi connectivity index (χ0n) is 12.6. The summed E-state index contributed by atoms with van der Waals surface area (Å²) >= 11 is 0. The van der Waals surface area contributed by atoms with Crippen molar-refractivity contribution in [3.05, 3.63) is 0 Å². The van der Waals surface area contributed by atoms with Gasteiger partial charge in [-0.25, -0.2) is 0 Å². The maximum Gasteiger partial charge on any atom is 0.223 e. The van der Waals surface area contributed by atoms with E-state index in [9.17, 15) is 9.59 Å². The minimum atomic E-state index is 0.0839. The normalized spacial score (nSPS) is 16.4. The van der Waals surface area contributed by atoms with E-state index >= 15 is 0 Å². The SMILES string of the molecule is CC(=O)N(CCNC(=O)C1CCCCC1)CC(C)C. The fourth-order valence-electron chi connectivity index (χ4n) is 2.64. The Morgan fingerprint density at radius 3 is 2.37 bits per heavy atom. The van der Waals surface area contributed by atoms with E-state index in [1.165, 1.54) is 19.3 Å². The zero-order chi connectivity index (χ0) is 14.3. The van der Waals surface area contributed by atoms with Crippen LogP contribution in [0.4, 0.5) is 0 Å². The minimum absolute atomic E-state index is 0.0839. The molecule has 4 heteroatoms. The first-order chi connectivity index (χ1) is 9.00. The molecular weight excluding hydrogens is 240 g/mol. The Labute approximate surface area is 116 Å². The topological polar surface area (TPSA) is 49.4 Å². The molecular formula is C15H28N2O2. The molecule has 0 aromatic rings. The van der Waals surface area contributed by atoms with Crippen molar-refractivity contribution in [1.29, 1.82) is 0 Å². The van der Waals surface area contributed by atoms with Crippen LogP contribution in [-0.2, 0) is 9.59 Å². The van der Waals surface area contributed by atoms with Crippen LogP contribution < -0.4 is 5.32 Å². The van der Waals surface area contributed by atoms with Gasteiger partial charge in [0, 0.05) is 32.5 Å². The Hall–Kier alpha value is -1.06. The van der Waals surface area contributed by atoms with Crippen molar-refractivity contribution >= 4 is 11.8 Å². The van der Waals surface area contributed by atoms with Crippen LogP contribution in [0, 0.1) is 11.8 Å². The lowest BCUT2D eigenvalue weighted by Crippen LogP contribution is -2.41. The number of rotatable bonds is 6. The van der Waals surface area contributed by atoms with Crippen molar-refractivity contribution in [1.82, 2.24) is 10.2 Å². The molecule has 0 saturated heterocycles. The van der Waals surface area contributed by atoms with Crippen molar-refractivity contribution < 1.29 is 9.59 Å². The molecule has 0 aliphatic heterocycles. The van der Waals surface area contributed by atoms with Crippen LogP contribution in [0.2, 0.25) is 0 Å². The van der Waals surface area contributed by atoms with Gasteiger partial charge in [-0.3, -0.25) is 9.59 Å². The predicted molar refractivity (Wildman–Crippen MR) is 76.7 cm³/mol. The third-order valence-corrected chi connectivity index (χ3v) is 3.69. The van der Waals surface area contributed by atoms with Gasteiger partial charge in [0.05, 0.1) is 0 Å². The van der Waals surface area contributed by atoms with Crippen LogP contribution in [0.5, 0.6) is 0 Å². The molecule has 110 valence electrons. The molecule has 0 aromatic carbocycles. The summed E-state index contributed by atoms with van der Waals surface area (Å²) in [7, 11) is 0. The average molecular weight is 268 g/mol. The van der Waals surface area contributed by atoms with E-state index in [1.54, 1.807) is 6.92 Å². The van der Waals surface area contributed by atoms with Gasteiger partial charge in [0.15, 0.2) is 0 Å². The molecule has 0 heterocycles. The van der Waals surface area contributed by atoms with Crippen LogP contribution in [0.1, 0.15) is 52.9 Å². The third kappa shape index (κ3) is 6.08. The summed E-state index contributed by atoms with van der Waals surface area (Å²) in [6, 6.07) is 0. The Kier molecular flexibility index (Phi) is 6.89. The van der Waals surface area contributed by atoms with E-state index < -0.39 is 0 Å². The molecule has 0 atom stereocenters. The largest absolute Gasteiger partial charge is 0.354 e. The van der Waals surface area contributed by atoms with Crippen LogP contribution in [0.15, 0.2) is 0 Å². The summed E-state index contributed by atoms with van der Waals surface area (Å²) in [5.74, 6) is 0.913. The highest BCUT2D eigenvalue weighted by Crippen LogP contribution is 2.23. The van der Waals surface area contributed by atoms with Crippen molar-refractivity contribution in [2.24, 2.45) is 11.8 Å². The predicted octanol–water partition coefficient (Wildman–Crippen LogP) is 2.19. The Morgan fingerprint density at radius 1 is 1.21 bits per heavy atom. The van der Waals surface area contributed by atoms with Gasteiger partial charge in [-0.15, -0.1) is 0 Å². The van der Waals surface area contributed by atoms with E-state index in [0.717, 1.165) is 19.4 Å². The maximum atomic E-state index is 12.0. The smallest absolute Gasteiger partial charge is 0.223 e. The zero-order valence-corrected chi connectivity index (χ0v) is 12.6. The van der Waals surface area contributed by atoms with Crippen molar-refractivity contribution in [3.8, 4) is 0 Å². The number of nitrogens with zero attached hydrogens (tertiary/aromatic N) is 1. The standard InChI is InChI=1S/C15H28N2O2/c1-12(2)11-17(13(3)18)10-9-16-15(19)14-7-5-4-6-8-14/h12,14H,4-11H2,1-3H3,(H,16,19). The highest BCUT2D eigenvalue weighted by Gasteiger charge is 2.20. The van der Waals surface area contributed by atoms with E-state index in [2.05, 4.69) is 19.2 Å². The lowest BCUT2D eigenvalue weighted by atomic mass is 9.89. The molecule has 1 N–H and O–H groups in total. The monoisotopic (exact) mass is 268 g/mol. The molecule has 1 saturated carbocycles.